The Hall–Kier alpha value is -0.500. The van der Waals surface area contributed by atoms with E-state index in [1.165, 1.54) is 32.2 Å². The van der Waals surface area contributed by atoms with E-state index in [0.717, 1.165) is 24.9 Å². The van der Waals surface area contributed by atoms with Crippen LogP contribution in [-0.2, 0) is 0 Å². The lowest BCUT2D eigenvalue weighted by Crippen LogP contribution is -2.48. The third-order valence-corrected chi connectivity index (χ3v) is 5.87. The zero-order valence-corrected chi connectivity index (χ0v) is 15.1. The van der Waals surface area contributed by atoms with Crippen LogP contribution in [0, 0.1) is 17.3 Å². The van der Waals surface area contributed by atoms with Gasteiger partial charge in [0.15, 0.2) is 0 Å². The van der Waals surface area contributed by atoms with Gasteiger partial charge in [-0.1, -0.05) is 33.3 Å². The van der Waals surface area contributed by atoms with Crippen molar-refractivity contribution >= 4 is 0 Å². The largest absolute Gasteiger partial charge is 0.371 e. The molecule has 21 heavy (non-hydrogen) atoms. The first-order valence-corrected chi connectivity index (χ1v) is 8.94. The van der Waals surface area contributed by atoms with Crippen molar-refractivity contribution in [2.45, 2.75) is 73.3 Å². The van der Waals surface area contributed by atoms with Crippen molar-refractivity contribution in [3.63, 3.8) is 0 Å². The van der Waals surface area contributed by atoms with Gasteiger partial charge in [0, 0.05) is 18.3 Å². The van der Waals surface area contributed by atoms with Crippen LogP contribution >= 0.6 is 0 Å². The van der Waals surface area contributed by atoms with E-state index < -0.39 is 0 Å². The predicted octanol–water partition coefficient (Wildman–Crippen LogP) is 4.43. The average Bonchev–Trinajstić information content (AvgIpc) is 2.43. The maximum absolute atomic E-state index is 3.68. The Kier molecular flexibility index (Phi) is 5.40. The Morgan fingerprint density at radius 1 is 1.10 bits per heavy atom. The molecule has 0 aliphatic carbocycles. The molecule has 3 unspecified atom stereocenters. The second-order valence-corrected chi connectivity index (χ2v) is 8.53. The summed E-state index contributed by atoms with van der Waals surface area (Å²) in [6.45, 7) is 18.0. The maximum Gasteiger partial charge on any atom is 0.0324 e. The minimum atomic E-state index is 0.485. The third-order valence-electron chi connectivity index (χ3n) is 5.87. The van der Waals surface area contributed by atoms with E-state index in [1.807, 2.05) is 0 Å². The molecule has 0 aromatic rings. The molecule has 0 bridgehead atoms. The first-order chi connectivity index (χ1) is 9.80. The highest BCUT2D eigenvalue weighted by Crippen LogP contribution is 2.37. The molecular weight excluding hydrogens is 256 g/mol. The van der Waals surface area contributed by atoms with E-state index in [9.17, 15) is 0 Å². The lowest BCUT2D eigenvalue weighted by atomic mass is 9.80. The van der Waals surface area contributed by atoms with E-state index in [1.54, 1.807) is 11.3 Å². The van der Waals surface area contributed by atoms with Gasteiger partial charge in [-0.3, -0.25) is 0 Å². The van der Waals surface area contributed by atoms with Gasteiger partial charge in [-0.25, -0.2) is 0 Å². The summed E-state index contributed by atoms with van der Waals surface area (Å²) in [5, 5.41) is 3.68. The molecule has 0 aromatic carbocycles. The lowest BCUT2D eigenvalue weighted by Gasteiger charge is -2.42. The topological polar surface area (TPSA) is 15.3 Å². The van der Waals surface area contributed by atoms with Crippen LogP contribution in [0.1, 0.15) is 67.2 Å². The zero-order chi connectivity index (χ0) is 15.6. The molecule has 0 saturated carbocycles. The van der Waals surface area contributed by atoms with Gasteiger partial charge in [-0.05, 0) is 69.9 Å². The zero-order valence-electron chi connectivity index (χ0n) is 15.1. The van der Waals surface area contributed by atoms with Crippen LogP contribution in [0.25, 0.3) is 0 Å². The number of nitrogens with one attached hydrogen (secondary N) is 1. The van der Waals surface area contributed by atoms with Crippen LogP contribution in [0.4, 0.5) is 0 Å². The number of allylic oxidation sites excluding steroid dienone is 2. The quantitative estimate of drug-likeness (QED) is 0.710. The Bertz CT molecular complexity index is 383. The molecule has 2 aliphatic rings. The van der Waals surface area contributed by atoms with Crippen molar-refractivity contribution in [1.29, 1.82) is 0 Å². The van der Waals surface area contributed by atoms with Crippen molar-refractivity contribution < 1.29 is 0 Å². The van der Waals surface area contributed by atoms with Gasteiger partial charge in [0.1, 0.15) is 0 Å². The molecule has 2 nitrogen and oxygen atoms in total. The van der Waals surface area contributed by atoms with Gasteiger partial charge in [0.2, 0.25) is 0 Å². The van der Waals surface area contributed by atoms with Crippen LogP contribution in [0.2, 0.25) is 0 Å². The molecule has 1 fully saturated rings. The summed E-state index contributed by atoms with van der Waals surface area (Å²) >= 11 is 0. The predicted molar refractivity (Wildman–Crippen MR) is 92.3 cm³/mol. The van der Waals surface area contributed by atoms with Gasteiger partial charge >= 0.3 is 0 Å². The van der Waals surface area contributed by atoms with E-state index in [0.29, 0.717) is 11.5 Å². The van der Waals surface area contributed by atoms with Crippen molar-refractivity contribution in [3.8, 4) is 0 Å². The van der Waals surface area contributed by atoms with Crippen molar-refractivity contribution in [2.75, 3.05) is 19.6 Å². The van der Waals surface area contributed by atoms with Gasteiger partial charge in [0.05, 0.1) is 0 Å². The molecule has 2 heterocycles. The summed E-state index contributed by atoms with van der Waals surface area (Å²) in [7, 11) is 0. The molecular formula is C19H36N2. The SMILES string of the molecule is C/C1=C(\C)N2CC(C)CNCC(C)C2CCC(C)(C)CC1. The molecule has 122 valence electrons. The van der Waals surface area contributed by atoms with Crippen LogP contribution < -0.4 is 5.32 Å². The highest BCUT2D eigenvalue weighted by atomic mass is 15.2. The summed E-state index contributed by atoms with van der Waals surface area (Å²) in [6, 6.07) is 0.701. The number of rotatable bonds is 0. The fourth-order valence-corrected chi connectivity index (χ4v) is 3.98. The molecule has 0 spiro atoms. The molecule has 3 atom stereocenters. The van der Waals surface area contributed by atoms with Gasteiger partial charge in [-0.2, -0.15) is 0 Å². The number of hydrogen-bond donors (Lipinski definition) is 1. The average molecular weight is 293 g/mol. The summed E-state index contributed by atoms with van der Waals surface area (Å²) in [6.07, 6.45) is 5.29. The fraction of sp³-hybridized carbons (Fsp3) is 0.895. The minimum absolute atomic E-state index is 0.485. The number of hydrogen-bond acceptors (Lipinski definition) is 2. The first-order valence-electron chi connectivity index (χ1n) is 8.94. The maximum atomic E-state index is 3.68. The van der Waals surface area contributed by atoms with Crippen LogP contribution in [0.3, 0.4) is 0 Å². The molecule has 2 heteroatoms. The van der Waals surface area contributed by atoms with Crippen LogP contribution in [0.5, 0.6) is 0 Å². The van der Waals surface area contributed by atoms with Gasteiger partial charge < -0.3 is 10.2 Å². The van der Waals surface area contributed by atoms with Crippen molar-refractivity contribution in [2.24, 2.45) is 17.3 Å². The smallest absolute Gasteiger partial charge is 0.0324 e. The lowest BCUT2D eigenvalue weighted by molar-refractivity contribution is 0.127. The Morgan fingerprint density at radius 2 is 1.81 bits per heavy atom. The molecule has 1 saturated heterocycles. The molecule has 2 rings (SSSR count). The second-order valence-electron chi connectivity index (χ2n) is 8.53. The summed E-state index contributed by atoms with van der Waals surface area (Å²) in [4.78, 5) is 2.77. The van der Waals surface area contributed by atoms with E-state index in [-0.39, 0.29) is 0 Å². The Balaban J connectivity index is 2.32. The second kappa shape index (κ2) is 6.73. The highest BCUT2D eigenvalue weighted by Gasteiger charge is 2.32. The van der Waals surface area contributed by atoms with E-state index >= 15 is 0 Å². The Labute approximate surface area is 132 Å². The van der Waals surface area contributed by atoms with E-state index in [2.05, 4.69) is 51.8 Å². The summed E-state index contributed by atoms with van der Waals surface area (Å²) in [5.41, 5.74) is 3.67. The van der Waals surface area contributed by atoms with Crippen LogP contribution in [-0.4, -0.2) is 30.6 Å². The summed E-state index contributed by atoms with van der Waals surface area (Å²) in [5.74, 6) is 1.46. The molecule has 0 aromatic heterocycles. The Morgan fingerprint density at radius 3 is 2.52 bits per heavy atom. The normalized spacial score (nSPS) is 38.6. The van der Waals surface area contributed by atoms with E-state index in [4.69, 9.17) is 0 Å². The third kappa shape index (κ3) is 4.25. The first kappa shape index (κ1) is 16.9. The van der Waals surface area contributed by atoms with Crippen LogP contribution in [0.15, 0.2) is 11.3 Å². The molecule has 0 radical (unpaired) electrons. The van der Waals surface area contributed by atoms with Crippen molar-refractivity contribution in [3.05, 3.63) is 11.3 Å². The molecule has 1 N–H and O–H groups in total. The molecule has 2 aliphatic heterocycles. The monoisotopic (exact) mass is 292 g/mol. The minimum Gasteiger partial charge on any atom is -0.371 e. The van der Waals surface area contributed by atoms with Gasteiger partial charge in [0.25, 0.3) is 0 Å². The molecule has 0 amide bonds. The summed E-state index contributed by atoms with van der Waals surface area (Å²) < 4.78 is 0. The van der Waals surface area contributed by atoms with Gasteiger partial charge in [-0.15, -0.1) is 0 Å². The number of nitrogens with zero attached hydrogens (tertiary/aromatic N) is 1. The highest BCUT2D eigenvalue weighted by molar-refractivity contribution is 5.12. The standard InChI is InChI=1S/C19H36N2/c1-14-11-20-12-16(3)18-8-10-19(5,6)9-7-15(2)17(4)21(18)13-14/h14,16,18,20H,7-13H2,1-6H3/b17-15-. The van der Waals surface area contributed by atoms with Crippen molar-refractivity contribution in [1.82, 2.24) is 10.2 Å². The fourth-order valence-electron chi connectivity index (χ4n) is 3.98. The number of fused-ring (bicyclic) bond motifs is 1.